The fourth-order valence-corrected chi connectivity index (χ4v) is 4.14. The van der Waals surface area contributed by atoms with Crippen LogP contribution in [0.15, 0.2) is 47.1 Å². The molecule has 156 valence electrons. The van der Waals surface area contributed by atoms with Crippen molar-refractivity contribution < 1.29 is 14.0 Å². The van der Waals surface area contributed by atoms with E-state index in [9.17, 15) is 9.59 Å². The molecule has 0 radical (unpaired) electrons. The van der Waals surface area contributed by atoms with Crippen LogP contribution in [0.25, 0.3) is 0 Å². The fourth-order valence-electron chi connectivity index (χ4n) is 3.88. The van der Waals surface area contributed by atoms with Gasteiger partial charge < -0.3 is 14.6 Å². The fraction of sp³-hybridized carbons (Fsp3) is 0.455. The summed E-state index contributed by atoms with van der Waals surface area (Å²) in [5.41, 5.74) is 1.00. The van der Waals surface area contributed by atoms with Crippen LogP contribution in [0.3, 0.4) is 0 Å². The first kappa shape index (κ1) is 21.4. The Balaban J connectivity index is 1.63. The Hall–Kier alpha value is -2.31. The highest BCUT2D eigenvalue weighted by Crippen LogP contribution is 2.27. The van der Waals surface area contributed by atoms with E-state index in [1.54, 1.807) is 17.2 Å². The zero-order valence-corrected chi connectivity index (χ0v) is 17.7. The van der Waals surface area contributed by atoms with E-state index in [2.05, 4.69) is 24.1 Å². The molecule has 1 fully saturated rings. The normalized spacial score (nSPS) is 17.7. The molecular weight excluding hydrogens is 390 g/mol. The second-order valence-electron chi connectivity index (χ2n) is 7.26. The van der Waals surface area contributed by atoms with Crippen molar-refractivity contribution in [3.05, 3.63) is 59.0 Å². The Labute approximate surface area is 176 Å². The molecule has 2 atom stereocenters. The van der Waals surface area contributed by atoms with Crippen molar-refractivity contribution in [2.24, 2.45) is 5.92 Å². The smallest absolute Gasteiger partial charge is 0.225 e. The number of carbonyl (C=O) groups is 2. The third-order valence-electron chi connectivity index (χ3n) is 5.50. The van der Waals surface area contributed by atoms with Gasteiger partial charge in [-0.1, -0.05) is 43.6 Å². The number of rotatable bonds is 9. The minimum atomic E-state index is -0.346. The molecule has 1 aromatic carbocycles. The summed E-state index contributed by atoms with van der Waals surface area (Å²) < 4.78 is 5.32. The molecule has 1 aliphatic rings. The molecule has 29 heavy (non-hydrogen) atoms. The van der Waals surface area contributed by atoms with Crippen LogP contribution in [0.2, 0.25) is 5.02 Å². The first-order chi connectivity index (χ1) is 14.0. The lowest BCUT2D eigenvalue weighted by molar-refractivity contribution is -0.129. The summed E-state index contributed by atoms with van der Waals surface area (Å²) >= 11 is 6.43. The maximum atomic E-state index is 12.8. The van der Waals surface area contributed by atoms with Gasteiger partial charge in [-0.15, -0.1) is 0 Å². The van der Waals surface area contributed by atoms with Gasteiger partial charge >= 0.3 is 0 Å². The van der Waals surface area contributed by atoms with Crippen molar-refractivity contribution >= 4 is 23.4 Å². The van der Waals surface area contributed by atoms with Crippen LogP contribution in [0.1, 0.15) is 37.6 Å². The molecule has 0 aliphatic carbocycles. The average Bonchev–Trinajstić information content (AvgIpc) is 3.36. The van der Waals surface area contributed by atoms with Crippen molar-refractivity contribution in [1.29, 1.82) is 0 Å². The number of nitrogens with one attached hydrogen (secondary N) is 1. The second-order valence-corrected chi connectivity index (χ2v) is 7.67. The summed E-state index contributed by atoms with van der Waals surface area (Å²) in [5.74, 6) is 0.262. The zero-order valence-electron chi connectivity index (χ0n) is 16.9. The lowest BCUT2D eigenvalue weighted by Gasteiger charge is -2.31. The van der Waals surface area contributed by atoms with Crippen molar-refractivity contribution in [3.8, 4) is 0 Å². The maximum Gasteiger partial charge on any atom is 0.225 e. The molecule has 2 heterocycles. The molecule has 2 unspecified atom stereocenters. The Kier molecular flexibility index (Phi) is 7.34. The zero-order chi connectivity index (χ0) is 20.8. The minimum Gasteiger partial charge on any atom is -0.467 e. The van der Waals surface area contributed by atoms with Gasteiger partial charge in [0.1, 0.15) is 5.76 Å². The lowest BCUT2D eigenvalue weighted by atomic mass is 10.0. The number of likely N-dealkylation sites (N-methyl/N-ethyl adjacent to an activating group) is 1. The largest absolute Gasteiger partial charge is 0.467 e. The molecule has 3 rings (SSSR count). The van der Waals surface area contributed by atoms with Crippen LogP contribution in [0.4, 0.5) is 0 Å². The van der Waals surface area contributed by atoms with E-state index in [4.69, 9.17) is 16.0 Å². The van der Waals surface area contributed by atoms with Crippen LogP contribution in [0.5, 0.6) is 0 Å². The maximum absolute atomic E-state index is 12.8. The van der Waals surface area contributed by atoms with E-state index in [0.29, 0.717) is 24.7 Å². The van der Waals surface area contributed by atoms with Crippen LogP contribution >= 0.6 is 11.6 Å². The van der Waals surface area contributed by atoms with E-state index >= 15 is 0 Å². The molecule has 6 nitrogen and oxygen atoms in total. The summed E-state index contributed by atoms with van der Waals surface area (Å²) in [6.07, 6.45) is 1.82. The van der Waals surface area contributed by atoms with E-state index in [1.165, 1.54) is 0 Å². The van der Waals surface area contributed by atoms with Crippen LogP contribution < -0.4 is 5.32 Å². The van der Waals surface area contributed by atoms with Crippen molar-refractivity contribution in [2.45, 2.75) is 32.9 Å². The van der Waals surface area contributed by atoms with Gasteiger partial charge in [-0.05, 0) is 36.9 Å². The molecule has 7 heteroatoms. The molecule has 0 bridgehead atoms. The monoisotopic (exact) mass is 417 g/mol. The Morgan fingerprint density at radius 2 is 2.03 bits per heavy atom. The average molecular weight is 418 g/mol. The summed E-state index contributed by atoms with van der Waals surface area (Å²) in [6, 6.07) is 11.3. The molecule has 0 spiro atoms. The van der Waals surface area contributed by atoms with Gasteiger partial charge in [-0.2, -0.15) is 0 Å². The Morgan fingerprint density at radius 3 is 2.69 bits per heavy atom. The van der Waals surface area contributed by atoms with Crippen molar-refractivity contribution in [3.63, 3.8) is 0 Å². The number of amides is 2. The first-order valence-electron chi connectivity index (χ1n) is 10.1. The van der Waals surface area contributed by atoms with Gasteiger partial charge in [0.15, 0.2) is 0 Å². The van der Waals surface area contributed by atoms with E-state index < -0.39 is 0 Å². The highest BCUT2D eigenvalue weighted by atomic mass is 35.5. The molecule has 2 amide bonds. The van der Waals surface area contributed by atoms with Gasteiger partial charge in [0.25, 0.3) is 0 Å². The van der Waals surface area contributed by atoms with Crippen molar-refractivity contribution in [1.82, 2.24) is 15.1 Å². The highest BCUT2D eigenvalue weighted by molar-refractivity contribution is 6.31. The molecule has 1 N–H and O–H groups in total. The summed E-state index contributed by atoms with van der Waals surface area (Å²) in [4.78, 5) is 29.0. The van der Waals surface area contributed by atoms with Gasteiger partial charge in [0.05, 0.1) is 24.8 Å². The van der Waals surface area contributed by atoms with Gasteiger partial charge in [0.2, 0.25) is 11.8 Å². The van der Waals surface area contributed by atoms with Crippen molar-refractivity contribution in [2.75, 3.05) is 26.2 Å². The minimum absolute atomic E-state index is 0.0148. The van der Waals surface area contributed by atoms with E-state index in [1.807, 2.05) is 30.3 Å². The number of benzene rings is 1. The van der Waals surface area contributed by atoms with Crippen LogP contribution in [-0.4, -0.2) is 47.8 Å². The number of nitrogens with zero attached hydrogens (tertiary/aromatic N) is 2. The van der Waals surface area contributed by atoms with Crippen LogP contribution in [0, 0.1) is 5.92 Å². The topological polar surface area (TPSA) is 65.8 Å². The number of halogens is 1. The molecule has 1 saturated heterocycles. The molecular formula is C22H28ClN3O3. The van der Waals surface area contributed by atoms with E-state index in [0.717, 1.165) is 24.4 Å². The van der Waals surface area contributed by atoms with Gasteiger partial charge in [-0.25, -0.2) is 0 Å². The molecule has 2 aromatic rings. The second kappa shape index (κ2) is 9.94. The number of likely N-dealkylation sites (tertiary alicyclic amines) is 1. The molecule has 1 aromatic heterocycles. The van der Waals surface area contributed by atoms with Gasteiger partial charge in [0, 0.05) is 24.5 Å². The number of carbonyl (C=O) groups excluding carboxylic acids is 2. The Bertz CT molecular complexity index is 820. The van der Waals surface area contributed by atoms with Crippen LogP contribution in [-0.2, 0) is 16.1 Å². The predicted molar refractivity (Wildman–Crippen MR) is 112 cm³/mol. The lowest BCUT2D eigenvalue weighted by Crippen LogP contribution is -2.40. The van der Waals surface area contributed by atoms with Gasteiger partial charge in [-0.3, -0.25) is 14.5 Å². The molecule has 0 saturated carbocycles. The number of hydrogen-bond donors (Lipinski definition) is 1. The predicted octanol–water partition coefficient (Wildman–Crippen LogP) is 3.48. The molecule has 1 aliphatic heterocycles. The standard InChI is InChI=1S/C22H28ClN3O3/c1-3-25(4-2)20(18-9-5-6-10-19(18)23)13-24-22(28)16-12-21(27)26(14-16)15-17-8-7-11-29-17/h5-11,16,20H,3-4,12-15H2,1-2H3,(H,24,28). The van der Waals surface area contributed by atoms with E-state index in [-0.39, 0.29) is 30.2 Å². The highest BCUT2D eigenvalue weighted by Gasteiger charge is 2.35. The quantitative estimate of drug-likeness (QED) is 0.678. The SMILES string of the molecule is CCN(CC)C(CNC(=O)C1CC(=O)N(Cc2ccco2)C1)c1ccccc1Cl. The summed E-state index contributed by atoms with van der Waals surface area (Å²) in [5, 5.41) is 3.75. The first-order valence-corrected chi connectivity index (χ1v) is 10.5. The third kappa shape index (κ3) is 5.19. The summed E-state index contributed by atoms with van der Waals surface area (Å²) in [7, 11) is 0. The number of hydrogen-bond acceptors (Lipinski definition) is 4. The Morgan fingerprint density at radius 1 is 1.28 bits per heavy atom. The summed E-state index contributed by atoms with van der Waals surface area (Å²) in [6.45, 7) is 7.15. The third-order valence-corrected chi connectivity index (χ3v) is 5.84. The number of furan rings is 1.